The van der Waals surface area contributed by atoms with Gasteiger partial charge in [0.15, 0.2) is 6.29 Å². The third-order valence-corrected chi connectivity index (χ3v) is 5.96. The minimum absolute atomic E-state index is 0.0329. The lowest BCUT2D eigenvalue weighted by atomic mass is 9.81. The maximum atomic E-state index is 6.06. The van der Waals surface area contributed by atoms with E-state index in [0.29, 0.717) is 49.5 Å². The molecule has 5 nitrogen and oxygen atoms in total. The zero-order chi connectivity index (χ0) is 14.5. The number of fused-ring (bicyclic) bond motifs is 3. The van der Waals surface area contributed by atoms with E-state index in [1.165, 1.54) is 32.1 Å². The van der Waals surface area contributed by atoms with Gasteiger partial charge in [-0.15, -0.1) is 0 Å². The van der Waals surface area contributed by atoms with Gasteiger partial charge in [-0.3, -0.25) is 0 Å². The third-order valence-electron chi connectivity index (χ3n) is 5.96. The average molecular weight is 310 g/mol. The predicted molar refractivity (Wildman–Crippen MR) is 77.4 cm³/mol. The van der Waals surface area contributed by atoms with Crippen LogP contribution in [0.1, 0.15) is 38.5 Å². The molecule has 6 aliphatic rings. The molecule has 0 amide bonds. The third kappa shape index (κ3) is 2.82. The van der Waals surface area contributed by atoms with Crippen molar-refractivity contribution in [1.29, 1.82) is 0 Å². The van der Waals surface area contributed by atoms with Gasteiger partial charge in [0, 0.05) is 12.5 Å². The predicted octanol–water partition coefficient (Wildman–Crippen LogP) is 1.88. The van der Waals surface area contributed by atoms with Gasteiger partial charge in [0.05, 0.1) is 37.6 Å². The molecular weight excluding hydrogens is 284 g/mol. The molecule has 2 saturated carbocycles. The molecule has 4 heterocycles. The summed E-state index contributed by atoms with van der Waals surface area (Å²) in [5.74, 6) is 1.19. The van der Waals surface area contributed by atoms with Gasteiger partial charge in [0.25, 0.3) is 0 Å². The van der Waals surface area contributed by atoms with Crippen molar-refractivity contribution in [3.05, 3.63) is 0 Å². The highest BCUT2D eigenvalue weighted by Crippen LogP contribution is 2.42. The summed E-state index contributed by atoms with van der Waals surface area (Å²) in [6.45, 7) is 2.19. The van der Waals surface area contributed by atoms with Crippen molar-refractivity contribution in [2.24, 2.45) is 11.8 Å². The highest BCUT2D eigenvalue weighted by atomic mass is 16.7. The molecule has 2 bridgehead atoms. The molecule has 4 saturated heterocycles. The molecule has 22 heavy (non-hydrogen) atoms. The van der Waals surface area contributed by atoms with Crippen LogP contribution in [0.25, 0.3) is 0 Å². The Morgan fingerprint density at radius 2 is 1.68 bits per heavy atom. The van der Waals surface area contributed by atoms with Crippen LogP contribution in [0.4, 0.5) is 0 Å². The summed E-state index contributed by atoms with van der Waals surface area (Å²) in [6, 6.07) is 0. The number of epoxide rings is 1. The molecule has 5 heteroatoms. The lowest BCUT2D eigenvalue weighted by Gasteiger charge is -2.45. The first kappa shape index (κ1) is 14.2. The maximum absolute atomic E-state index is 6.06. The minimum atomic E-state index is -0.0329. The fraction of sp³-hybridized carbons (Fsp3) is 1.00. The summed E-state index contributed by atoms with van der Waals surface area (Å²) in [5, 5.41) is 0. The van der Waals surface area contributed by atoms with Crippen molar-refractivity contribution in [1.82, 2.24) is 0 Å². The van der Waals surface area contributed by atoms with Gasteiger partial charge in [0.2, 0.25) is 0 Å². The standard InChI is InChI=1S/C17H26O5/c1-2-15-16(22-15)5-11(1)17-19-9-14(21-17)8-18-7-10-3-12-6-13(4-10)20-12/h10-17H,1-9H2. The van der Waals surface area contributed by atoms with Gasteiger partial charge in [-0.1, -0.05) is 0 Å². The quantitative estimate of drug-likeness (QED) is 0.726. The van der Waals surface area contributed by atoms with Crippen LogP contribution in [0.15, 0.2) is 0 Å². The maximum Gasteiger partial charge on any atom is 0.161 e. The lowest BCUT2D eigenvalue weighted by Crippen LogP contribution is -2.46. The first-order chi connectivity index (χ1) is 10.8. The molecule has 0 N–H and O–H groups in total. The summed E-state index contributed by atoms with van der Waals surface area (Å²) < 4.78 is 29.1. The summed E-state index contributed by atoms with van der Waals surface area (Å²) in [6.07, 6.45) is 9.20. The highest BCUT2D eigenvalue weighted by Gasteiger charge is 2.47. The highest BCUT2D eigenvalue weighted by molar-refractivity contribution is 4.93. The van der Waals surface area contributed by atoms with Crippen LogP contribution >= 0.6 is 0 Å². The van der Waals surface area contributed by atoms with E-state index in [9.17, 15) is 0 Å². The van der Waals surface area contributed by atoms with Crippen molar-refractivity contribution in [3.8, 4) is 0 Å². The number of rotatable bonds is 5. The Kier molecular flexibility index (Phi) is 3.68. The summed E-state index contributed by atoms with van der Waals surface area (Å²) in [7, 11) is 0. The number of hydrogen-bond acceptors (Lipinski definition) is 5. The van der Waals surface area contributed by atoms with E-state index < -0.39 is 0 Å². The zero-order valence-electron chi connectivity index (χ0n) is 13.0. The summed E-state index contributed by atoms with van der Waals surface area (Å²) in [5.41, 5.74) is 0. The van der Waals surface area contributed by atoms with Gasteiger partial charge in [-0.2, -0.15) is 0 Å². The molecule has 7 atom stereocenters. The van der Waals surface area contributed by atoms with Gasteiger partial charge < -0.3 is 23.7 Å². The average Bonchev–Trinajstić information content (AvgIpc) is 3.14. The van der Waals surface area contributed by atoms with Gasteiger partial charge in [-0.05, 0) is 44.4 Å². The molecule has 2 aliphatic carbocycles. The van der Waals surface area contributed by atoms with Gasteiger partial charge in [-0.25, -0.2) is 0 Å². The Labute approximate surface area is 131 Å². The summed E-state index contributed by atoms with van der Waals surface area (Å²) in [4.78, 5) is 0. The molecule has 0 radical (unpaired) electrons. The normalized spacial score (nSPS) is 52.9. The number of hydrogen-bond donors (Lipinski definition) is 0. The molecule has 0 aromatic carbocycles. The Bertz CT molecular complexity index is 400. The Balaban J connectivity index is 1.02. The second kappa shape index (κ2) is 5.71. The van der Waals surface area contributed by atoms with Crippen molar-refractivity contribution in [3.63, 3.8) is 0 Å². The molecule has 0 spiro atoms. The number of ether oxygens (including phenoxy) is 5. The van der Waals surface area contributed by atoms with Crippen LogP contribution in [0, 0.1) is 11.8 Å². The molecule has 6 fully saturated rings. The van der Waals surface area contributed by atoms with E-state index >= 15 is 0 Å². The van der Waals surface area contributed by atoms with Crippen molar-refractivity contribution < 1.29 is 23.7 Å². The monoisotopic (exact) mass is 310 g/mol. The Morgan fingerprint density at radius 3 is 2.50 bits per heavy atom. The van der Waals surface area contributed by atoms with E-state index in [1.54, 1.807) is 0 Å². The SMILES string of the molecule is C(OCC1COC(C2CCC3OC3C2)O1)C1CC2CC(C1)O2. The summed E-state index contributed by atoms with van der Waals surface area (Å²) >= 11 is 0. The van der Waals surface area contributed by atoms with Gasteiger partial charge in [0.1, 0.15) is 6.10 Å². The fourth-order valence-electron chi connectivity index (χ4n) is 4.69. The minimum Gasteiger partial charge on any atom is -0.378 e. The van der Waals surface area contributed by atoms with E-state index in [4.69, 9.17) is 23.7 Å². The van der Waals surface area contributed by atoms with Crippen molar-refractivity contribution in [2.45, 2.75) is 75.3 Å². The van der Waals surface area contributed by atoms with Crippen LogP contribution in [0.3, 0.4) is 0 Å². The van der Waals surface area contributed by atoms with Crippen LogP contribution in [-0.4, -0.2) is 56.6 Å². The first-order valence-corrected chi connectivity index (χ1v) is 8.99. The largest absolute Gasteiger partial charge is 0.378 e. The van der Waals surface area contributed by atoms with E-state index in [1.807, 2.05) is 0 Å². The lowest BCUT2D eigenvalue weighted by molar-refractivity contribution is -0.181. The van der Waals surface area contributed by atoms with E-state index in [-0.39, 0.29) is 12.4 Å². The second-order valence-corrected chi connectivity index (χ2v) is 7.74. The Morgan fingerprint density at radius 1 is 0.818 bits per heavy atom. The molecule has 7 unspecified atom stereocenters. The molecule has 124 valence electrons. The van der Waals surface area contributed by atoms with Gasteiger partial charge >= 0.3 is 0 Å². The molecule has 0 aromatic rings. The second-order valence-electron chi connectivity index (χ2n) is 7.74. The van der Waals surface area contributed by atoms with E-state index in [0.717, 1.165) is 13.0 Å². The van der Waals surface area contributed by atoms with Crippen LogP contribution in [0.2, 0.25) is 0 Å². The van der Waals surface area contributed by atoms with Crippen molar-refractivity contribution in [2.75, 3.05) is 19.8 Å². The topological polar surface area (TPSA) is 49.5 Å². The molecule has 0 aromatic heterocycles. The zero-order valence-corrected chi connectivity index (χ0v) is 13.0. The van der Waals surface area contributed by atoms with Crippen LogP contribution in [-0.2, 0) is 23.7 Å². The van der Waals surface area contributed by atoms with Crippen LogP contribution in [0.5, 0.6) is 0 Å². The van der Waals surface area contributed by atoms with Crippen molar-refractivity contribution >= 4 is 0 Å². The Hall–Kier alpha value is -0.200. The van der Waals surface area contributed by atoms with E-state index in [2.05, 4.69) is 0 Å². The van der Waals surface area contributed by atoms with Crippen LogP contribution < -0.4 is 0 Å². The smallest absolute Gasteiger partial charge is 0.161 e. The fourth-order valence-corrected chi connectivity index (χ4v) is 4.69. The molecular formula is C17H26O5. The first-order valence-electron chi connectivity index (χ1n) is 8.99. The molecule has 6 rings (SSSR count). The molecule has 4 aliphatic heterocycles.